The first-order chi connectivity index (χ1) is 8.45. The summed E-state index contributed by atoms with van der Waals surface area (Å²) in [6.45, 7) is 16.5. The van der Waals surface area contributed by atoms with Gasteiger partial charge < -0.3 is 9.31 Å². The van der Waals surface area contributed by atoms with E-state index >= 15 is 0 Å². The van der Waals surface area contributed by atoms with Crippen LogP contribution in [0.15, 0.2) is 11.5 Å². The van der Waals surface area contributed by atoms with Gasteiger partial charge in [-0.25, -0.2) is 5.11 Å². The Kier molecular flexibility index (Phi) is 4.61. The molecule has 1 rings (SSSR count). The van der Waals surface area contributed by atoms with Gasteiger partial charge in [0.25, 0.3) is 0 Å². The van der Waals surface area contributed by atoms with Crippen LogP contribution in [0.25, 0.3) is 0 Å². The van der Waals surface area contributed by atoms with E-state index in [0.29, 0.717) is 5.92 Å². The van der Waals surface area contributed by atoms with Gasteiger partial charge in [-0.3, -0.25) is 0 Å². The van der Waals surface area contributed by atoms with Gasteiger partial charge in [0, 0.05) is 0 Å². The van der Waals surface area contributed by atoms with E-state index in [2.05, 4.69) is 27.7 Å². The average molecular weight is 267 g/mol. The standard InChI is InChI=1S/C15H28BO3/c1-11(2)13(3,4)12(9-10-17)16-18-14(5,6)15(7,8)19-16/h9,11H,10H2,1-8H3/b12-9-. The zero-order valence-corrected chi connectivity index (χ0v) is 13.7. The summed E-state index contributed by atoms with van der Waals surface area (Å²) in [6, 6.07) is 0. The Morgan fingerprint density at radius 3 is 1.89 bits per heavy atom. The molecule has 19 heavy (non-hydrogen) atoms. The molecule has 0 unspecified atom stereocenters. The predicted octanol–water partition coefficient (Wildman–Crippen LogP) is 3.66. The first-order valence-electron chi connectivity index (χ1n) is 7.10. The summed E-state index contributed by atoms with van der Waals surface area (Å²) in [6.07, 6.45) is 1.72. The highest BCUT2D eigenvalue weighted by Crippen LogP contribution is 2.44. The van der Waals surface area contributed by atoms with Gasteiger partial charge in [-0.15, -0.1) is 0 Å². The van der Waals surface area contributed by atoms with E-state index in [1.807, 2.05) is 27.7 Å². The van der Waals surface area contributed by atoms with Gasteiger partial charge in [0.05, 0.1) is 11.2 Å². The molecule has 0 amide bonds. The first kappa shape index (κ1) is 16.7. The van der Waals surface area contributed by atoms with Crippen molar-refractivity contribution < 1.29 is 14.4 Å². The van der Waals surface area contributed by atoms with Crippen molar-refractivity contribution in [3.8, 4) is 0 Å². The van der Waals surface area contributed by atoms with Crippen molar-refractivity contribution >= 4 is 7.12 Å². The monoisotopic (exact) mass is 267 g/mol. The Hall–Kier alpha value is -0.315. The molecular weight excluding hydrogens is 239 g/mol. The highest BCUT2D eigenvalue weighted by Gasteiger charge is 2.54. The molecule has 0 N–H and O–H groups in total. The van der Waals surface area contributed by atoms with Crippen LogP contribution in [-0.4, -0.2) is 24.9 Å². The van der Waals surface area contributed by atoms with E-state index in [-0.39, 0.29) is 23.2 Å². The smallest absolute Gasteiger partial charge is 0.400 e. The van der Waals surface area contributed by atoms with Crippen molar-refractivity contribution in [3.05, 3.63) is 11.5 Å². The lowest BCUT2D eigenvalue weighted by Gasteiger charge is -2.33. The Morgan fingerprint density at radius 2 is 1.58 bits per heavy atom. The third-order valence-corrected chi connectivity index (χ3v) is 5.00. The molecule has 3 nitrogen and oxygen atoms in total. The summed E-state index contributed by atoms with van der Waals surface area (Å²) in [5.41, 5.74) is 0.112. The second-order valence-corrected chi connectivity index (χ2v) is 7.29. The molecule has 0 spiro atoms. The molecule has 1 saturated heterocycles. The lowest BCUT2D eigenvalue weighted by molar-refractivity contribution is 0.00578. The molecule has 1 heterocycles. The Balaban J connectivity index is 3.09. The van der Waals surface area contributed by atoms with Gasteiger partial charge >= 0.3 is 7.12 Å². The van der Waals surface area contributed by atoms with Gasteiger partial charge in [-0.2, -0.15) is 0 Å². The minimum absolute atomic E-state index is 0.119. The van der Waals surface area contributed by atoms with E-state index in [1.165, 1.54) is 0 Å². The molecular formula is C15H28BO3. The Bertz CT molecular complexity index is 340. The average Bonchev–Trinajstić information content (AvgIpc) is 2.43. The van der Waals surface area contributed by atoms with Crippen LogP contribution >= 0.6 is 0 Å². The maximum absolute atomic E-state index is 11.1. The van der Waals surface area contributed by atoms with E-state index < -0.39 is 7.12 Å². The van der Waals surface area contributed by atoms with Gasteiger partial charge in [-0.05, 0) is 44.5 Å². The SMILES string of the molecule is CC(C)C(C)(C)/C(=C/C[O])B1OC(C)(C)C(C)(C)O1. The minimum Gasteiger partial charge on any atom is -0.400 e. The van der Waals surface area contributed by atoms with Crippen LogP contribution in [-0.2, 0) is 14.4 Å². The van der Waals surface area contributed by atoms with Crippen molar-refractivity contribution in [1.29, 1.82) is 0 Å². The molecule has 0 aromatic heterocycles. The topological polar surface area (TPSA) is 38.4 Å². The summed E-state index contributed by atoms with van der Waals surface area (Å²) in [7, 11) is -0.420. The maximum atomic E-state index is 11.1. The van der Waals surface area contributed by atoms with Crippen LogP contribution in [0.5, 0.6) is 0 Å². The number of rotatable bonds is 4. The highest BCUT2D eigenvalue weighted by atomic mass is 16.7. The molecule has 0 atom stereocenters. The van der Waals surface area contributed by atoms with Crippen molar-refractivity contribution in [2.75, 3.05) is 6.61 Å². The number of hydrogen-bond donors (Lipinski definition) is 0. The normalized spacial score (nSPS) is 23.3. The third kappa shape index (κ3) is 3.06. The van der Waals surface area contributed by atoms with Crippen molar-refractivity contribution in [2.45, 2.75) is 66.6 Å². The van der Waals surface area contributed by atoms with Crippen LogP contribution in [0.1, 0.15) is 55.4 Å². The Labute approximate surface area is 118 Å². The molecule has 0 aliphatic carbocycles. The minimum atomic E-state index is -0.420. The zero-order valence-electron chi connectivity index (χ0n) is 13.7. The van der Waals surface area contributed by atoms with Crippen molar-refractivity contribution in [2.24, 2.45) is 11.3 Å². The third-order valence-electron chi connectivity index (χ3n) is 5.00. The summed E-state index contributed by atoms with van der Waals surface area (Å²) in [5, 5.41) is 11.1. The molecule has 1 aliphatic heterocycles. The van der Waals surface area contributed by atoms with E-state index in [1.54, 1.807) is 6.08 Å². The summed E-state index contributed by atoms with van der Waals surface area (Å²) < 4.78 is 12.2. The first-order valence-corrected chi connectivity index (χ1v) is 7.10. The molecule has 1 radical (unpaired) electrons. The highest BCUT2D eigenvalue weighted by molar-refractivity contribution is 6.55. The largest absolute Gasteiger partial charge is 0.490 e. The quantitative estimate of drug-likeness (QED) is 0.729. The number of allylic oxidation sites excluding steroid dienone is 1. The van der Waals surface area contributed by atoms with E-state index in [4.69, 9.17) is 9.31 Å². The second kappa shape index (κ2) is 5.23. The van der Waals surface area contributed by atoms with Gasteiger partial charge in [0.2, 0.25) is 0 Å². The van der Waals surface area contributed by atoms with Gasteiger partial charge in [-0.1, -0.05) is 33.8 Å². The fraction of sp³-hybridized carbons (Fsp3) is 0.867. The van der Waals surface area contributed by atoms with Crippen LogP contribution in [0.2, 0.25) is 0 Å². The number of hydrogen-bond acceptors (Lipinski definition) is 2. The molecule has 4 heteroatoms. The fourth-order valence-corrected chi connectivity index (χ4v) is 2.06. The van der Waals surface area contributed by atoms with E-state index in [0.717, 1.165) is 5.47 Å². The zero-order chi connectivity index (χ0) is 15.1. The lowest BCUT2D eigenvalue weighted by atomic mass is 9.59. The summed E-state index contributed by atoms with van der Waals surface area (Å²) in [4.78, 5) is 0. The second-order valence-electron chi connectivity index (χ2n) is 7.29. The van der Waals surface area contributed by atoms with E-state index in [9.17, 15) is 5.11 Å². The molecule has 0 bridgehead atoms. The summed E-state index contributed by atoms with van der Waals surface area (Å²) >= 11 is 0. The van der Waals surface area contributed by atoms with Gasteiger partial charge in [0.15, 0.2) is 0 Å². The van der Waals surface area contributed by atoms with Crippen molar-refractivity contribution in [1.82, 2.24) is 0 Å². The molecule has 1 fully saturated rings. The Morgan fingerprint density at radius 1 is 1.16 bits per heavy atom. The maximum Gasteiger partial charge on any atom is 0.490 e. The predicted molar refractivity (Wildman–Crippen MR) is 78.3 cm³/mol. The lowest BCUT2D eigenvalue weighted by Crippen LogP contribution is -2.41. The fourth-order valence-electron chi connectivity index (χ4n) is 2.06. The molecule has 109 valence electrons. The van der Waals surface area contributed by atoms with Crippen LogP contribution in [0.3, 0.4) is 0 Å². The van der Waals surface area contributed by atoms with Crippen molar-refractivity contribution in [3.63, 3.8) is 0 Å². The van der Waals surface area contributed by atoms with Crippen LogP contribution < -0.4 is 0 Å². The molecule has 0 aromatic rings. The molecule has 0 saturated carbocycles. The molecule has 1 aliphatic rings. The van der Waals surface area contributed by atoms with Crippen LogP contribution in [0.4, 0.5) is 0 Å². The summed E-state index contributed by atoms with van der Waals surface area (Å²) in [5.74, 6) is 0.407. The molecule has 0 aromatic carbocycles. The van der Waals surface area contributed by atoms with Gasteiger partial charge in [0.1, 0.15) is 6.61 Å². The van der Waals surface area contributed by atoms with Crippen LogP contribution in [0, 0.1) is 11.3 Å².